The van der Waals surface area contributed by atoms with E-state index in [1.165, 1.54) is 12.6 Å². The van der Waals surface area contributed by atoms with Crippen LogP contribution in [0.2, 0.25) is 5.02 Å². The number of aromatic nitrogens is 2. The first-order chi connectivity index (χ1) is 13.5. The molecular weight excluding hydrogens is 378 g/mol. The summed E-state index contributed by atoms with van der Waals surface area (Å²) < 4.78 is 0. The largest absolute Gasteiger partial charge is 0.368 e. The molecule has 2 aromatic heterocycles. The van der Waals surface area contributed by atoms with Crippen LogP contribution in [-0.4, -0.2) is 46.3 Å². The third-order valence-corrected chi connectivity index (χ3v) is 4.84. The van der Waals surface area contributed by atoms with Gasteiger partial charge in [0.15, 0.2) is 0 Å². The summed E-state index contributed by atoms with van der Waals surface area (Å²) in [6, 6.07) is 5.28. The molecular formula is C20H24ClN5O2. The highest BCUT2D eigenvalue weighted by atomic mass is 35.5. The molecule has 0 bridgehead atoms. The van der Waals surface area contributed by atoms with Gasteiger partial charge in [-0.2, -0.15) is 0 Å². The van der Waals surface area contributed by atoms with Crippen LogP contribution in [0.5, 0.6) is 0 Å². The Morgan fingerprint density at radius 3 is 2.61 bits per heavy atom. The number of rotatable bonds is 6. The highest BCUT2D eigenvalue weighted by Gasteiger charge is 2.19. The van der Waals surface area contributed by atoms with Gasteiger partial charge in [0.2, 0.25) is 5.91 Å². The SMILES string of the molecule is Cc1ccc(NC(=O)CCNc2ncc(C(=O)N3CCCCC3)cc2Cl)nc1. The number of amides is 2. The minimum absolute atomic E-state index is 0.0365. The third kappa shape index (κ3) is 5.42. The van der Waals surface area contributed by atoms with Crippen molar-refractivity contribution in [1.29, 1.82) is 0 Å². The molecule has 0 atom stereocenters. The molecule has 0 spiro atoms. The Morgan fingerprint density at radius 2 is 1.93 bits per heavy atom. The number of nitrogens with one attached hydrogen (secondary N) is 2. The zero-order valence-electron chi connectivity index (χ0n) is 15.9. The summed E-state index contributed by atoms with van der Waals surface area (Å²) in [4.78, 5) is 34.7. The van der Waals surface area contributed by atoms with Crippen molar-refractivity contribution < 1.29 is 9.59 Å². The monoisotopic (exact) mass is 401 g/mol. The fourth-order valence-corrected chi connectivity index (χ4v) is 3.24. The van der Waals surface area contributed by atoms with Gasteiger partial charge in [0.25, 0.3) is 5.91 Å². The van der Waals surface area contributed by atoms with Crippen LogP contribution in [-0.2, 0) is 4.79 Å². The fourth-order valence-electron chi connectivity index (χ4n) is 3.01. The molecule has 0 aliphatic carbocycles. The fraction of sp³-hybridized carbons (Fsp3) is 0.400. The van der Waals surface area contributed by atoms with Crippen LogP contribution in [0, 0.1) is 6.92 Å². The third-order valence-electron chi connectivity index (χ3n) is 4.55. The molecule has 3 rings (SSSR count). The minimum Gasteiger partial charge on any atom is -0.368 e. The molecule has 0 radical (unpaired) electrons. The highest BCUT2D eigenvalue weighted by Crippen LogP contribution is 2.22. The summed E-state index contributed by atoms with van der Waals surface area (Å²) in [6.07, 6.45) is 6.70. The molecule has 1 fully saturated rings. The first-order valence-corrected chi connectivity index (χ1v) is 9.82. The molecule has 1 saturated heterocycles. The Balaban J connectivity index is 1.49. The number of hydrogen-bond acceptors (Lipinski definition) is 5. The van der Waals surface area contributed by atoms with Gasteiger partial charge >= 0.3 is 0 Å². The summed E-state index contributed by atoms with van der Waals surface area (Å²) in [6.45, 7) is 3.86. The number of pyridine rings is 2. The van der Waals surface area contributed by atoms with Crippen LogP contribution < -0.4 is 10.6 Å². The number of likely N-dealkylation sites (tertiary alicyclic amines) is 1. The predicted octanol–water partition coefficient (Wildman–Crippen LogP) is 3.51. The van der Waals surface area contributed by atoms with Gasteiger partial charge in [0, 0.05) is 38.4 Å². The maximum absolute atomic E-state index is 12.5. The van der Waals surface area contributed by atoms with E-state index in [-0.39, 0.29) is 18.2 Å². The molecule has 8 heteroatoms. The lowest BCUT2D eigenvalue weighted by Gasteiger charge is -2.26. The Labute approximate surface area is 169 Å². The number of hydrogen-bond donors (Lipinski definition) is 2. The number of nitrogens with zero attached hydrogens (tertiary/aromatic N) is 3. The summed E-state index contributed by atoms with van der Waals surface area (Å²) in [5.41, 5.74) is 1.52. The number of carbonyl (C=O) groups excluding carboxylic acids is 2. The number of piperidine rings is 1. The van der Waals surface area contributed by atoms with Crippen molar-refractivity contribution in [1.82, 2.24) is 14.9 Å². The van der Waals surface area contributed by atoms with Crippen LogP contribution in [0.15, 0.2) is 30.6 Å². The lowest BCUT2D eigenvalue weighted by atomic mass is 10.1. The first kappa shape index (κ1) is 20.1. The molecule has 2 amide bonds. The lowest BCUT2D eigenvalue weighted by molar-refractivity contribution is -0.116. The van der Waals surface area contributed by atoms with Crippen molar-refractivity contribution in [3.8, 4) is 0 Å². The van der Waals surface area contributed by atoms with E-state index in [0.717, 1.165) is 31.5 Å². The Kier molecular flexibility index (Phi) is 6.81. The lowest BCUT2D eigenvalue weighted by Crippen LogP contribution is -2.35. The maximum atomic E-state index is 12.5. The Hall–Kier alpha value is -2.67. The van der Waals surface area contributed by atoms with Crippen LogP contribution in [0.1, 0.15) is 41.6 Å². The van der Waals surface area contributed by atoms with Crippen molar-refractivity contribution in [3.63, 3.8) is 0 Å². The van der Waals surface area contributed by atoms with Gasteiger partial charge in [0.05, 0.1) is 10.6 Å². The van der Waals surface area contributed by atoms with Gasteiger partial charge in [-0.3, -0.25) is 9.59 Å². The van der Waals surface area contributed by atoms with Crippen LogP contribution in [0.3, 0.4) is 0 Å². The van der Waals surface area contributed by atoms with E-state index in [1.807, 2.05) is 17.9 Å². The normalized spacial score (nSPS) is 13.9. The first-order valence-electron chi connectivity index (χ1n) is 9.44. The van der Waals surface area contributed by atoms with E-state index in [0.29, 0.717) is 28.8 Å². The van der Waals surface area contributed by atoms with E-state index in [2.05, 4.69) is 20.6 Å². The van der Waals surface area contributed by atoms with Gasteiger partial charge in [0.1, 0.15) is 11.6 Å². The smallest absolute Gasteiger partial charge is 0.255 e. The van der Waals surface area contributed by atoms with Gasteiger partial charge in [-0.25, -0.2) is 9.97 Å². The molecule has 3 heterocycles. The summed E-state index contributed by atoms with van der Waals surface area (Å²) in [7, 11) is 0. The van der Waals surface area contributed by atoms with Gasteiger partial charge < -0.3 is 15.5 Å². The molecule has 148 valence electrons. The second-order valence-corrected chi connectivity index (χ2v) is 7.26. The van der Waals surface area contributed by atoms with Crippen LogP contribution >= 0.6 is 11.6 Å². The zero-order chi connectivity index (χ0) is 19.9. The van der Waals surface area contributed by atoms with Gasteiger partial charge in [-0.1, -0.05) is 17.7 Å². The molecule has 0 saturated carbocycles. The van der Waals surface area contributed by atoms with Crippen molar-refractivity contribution in [3.05, 3.63) is 46.7 Å². The predicted molar refractivity (Wildman–Crippen MR) is 110 cm³/mol. The molecule has 2 N–H and O–H groups in total. The van der Waals surface area contributed by atoms with Crippen molar-refractivity contribution in [2.45, 2.75) is 32.6 Å². The van der Waals surface area contributed by atoms with Crippen molar-refractivity contribution in [2.75, 3.05) is 30.3 Å². The minimum atomic E-state index is -0.156. The molecule has 2 aromatic rings. The molecule has 0 aromatic carbocycles. The number of aryl methyl sites for hydroxylation is 1. The molecule has 0 unspecified atom stereocenters. The van der Waals surface area contributed by atoms with Crippen LogP contribution in [0.4, 0.5) is 11.6 Å². The second kappa shape index (κ2) is 9.50. The number of carbonyl (C=O) groups is 2. The van der Waals surface area contributed by atoms with E-state index in [9.17, 15) is 9.59 Å². The summed E-state index contributed by atoms with van der Waals surface area (Å²) >= 11 is 6.27. The van der Waals surface area contributed by atoms with Crippen molar-refractivity contribution in [2.24, 2.45) is 0 Å². The van der Waals surface area contributed by atoms with E-state index in [4.69, 9.17) is 11.6 Å². The standard InChI is InChI=1S/C20H24ClN5O2/c1-14-5-6-17(23-12-14)25-18(27)7-8-22-19-16(21)11-15(13-24-19)20(28)26-9-3-2-4-10-26/h5-6,11-13H,2-4,7-10H2,1H3,(H,22,24)(H,23,25,27). The molecule has 7 nitrogen and oxygen atoms in total. The topological polar surface area (TPSA) is 87.2 Å². The van der Waals surface area contributed by atoms with E-state index in [1.54, 1.807) is 18.3 Å². The zero-order valence-corrected chi connectivity index (χ0v) is 16.6. The molecule has 1 aliphatic rings. The summed E-state index contributed by atoms with van der Waals surface area (Å²) in [5.74, 6) is 0.785. The van der Waals surface area contributed by atoms with Gasteiger partial charge in [-0.15, -0.1) is 0 Å². The van der Waals surface area contributed by atoms with Crippen molar-refractivity contribution >= 4 is 35.1 Å². The quantitative estimate of drug-likeness (QED) is 0.773. The van der Waals surface area contributed by atoms with E-state index >= 15 is 0 Å². The second-order valence-electron chi connectivity index (χ2n) is 6.85. The Morgan fingerprint density at radius 1 is 1.14 bits per heavy atom. The molecule has 1 aliphatic heterocycles. The highest BCUT2D eigenvalue weighted by molar-refractivity contribution is 6.33. The average molecular weight is 402 g/mol. The average Bonchev–Trinajstić information content (AvgIpc) is 2.71. The van der Waals surface area contributed by atoms with Crippen LogP contribution in [0.25, 0.3) is 0 Å². The maximum Gasteiger partial charge on any atom is 0.255 e. The number of halogens is 1. The van der Waals surface area contributed by atoms with Gasteiger partial charge in [-0.05, 0) is 43.9 Å². The Bertz CT molecular complexity index is 835. The van der Waals surface area contributed by atoms with E-state index < -0.39 is 0 Å². The summed E-state index contributed by atoms with van der Waals surface area (Å²) in [5, 5.41) is 6.14. The molecule has 28 heavy (non-hydrogen) atoms. The number of anilines is 2.